The zero-order chi connectivity index (χ0) is 19.5. The number of carbonyl (C=O) groups is 1. The summed E-state index contributed by atoms with van der Waals surface area (Å²) in [5.41, 5.74) is 2.86. The Kier molecular flexibility index (Phi) is 5.12. The quantitative estimate of drug-likeness (QED) is 0.495. The molecule has 2 aromatic heterocycles. The summed E-state index contributed by atoms with van der Waals surface area (Å²) in [4.78, 5) is 16.7. The van der Waals surface area contributed by atoms with E-state index in [1.807, 2.05) is 73.8 Å². The van der Waals surface area contributed by atoms with Gasteiger partial charge in [-0.2, -0.15) is 0 Å². The van der Waals surface area contributed by atoms with Gasteiger partial charge in [0.25, 0.3) is 5.91 Å². The van der Waals surface area contributed by atoms with Gasteiger partial charge in [-0.1, -0.05) is 18.2 Å². The molecule has 28 heavy (non-hydrogen) atoms. The van der Waals surface area contributed by atoms with Gasteiger partial charge in [0.05, 0.1) is 6.04 Å². The number of carbonyl (C=O) groups excluding carboxylic acids is 1. The van der Waals surface area contributed by atoms with Crippen molar-refractivity contribution in [2.45, 2.75) is 19.9 Å². The fourth-order valence-corrected chi connectivity index (χ4v) is 3.70. The fourth-order valence-electron chi connectivity index (χ4n) is 2.90. The number of thiazole rings is 1. The van der Waals surface area contributed by atoms with Crippen LogP contribution >= 0.6 is 11.3 Å². The maximum atomic E-state index is 12.2. The number of fused-ring (bicyclic) bond motifs is 1. The van der Waals surface area contributed by atoms with Crippen LogP contribution in [-0.4, -0.2) is 17.5 Å². The normalized spacial score (nSPS) is 12.1. The summed E-state index contributed by atoms with van der Waals surface area (Å²) in [6.07, 6.45) is 0. The molecule has 0 radical (unpaired) electrons. The molecule has 0 aliphatic heterocycles. The second-order valence-corrected chi connectivity index (χ2v) is 7.44. The highest BCUT2D eigenvalue weighted by Gasteiger charge is 2.14. The number of furan rings is 1. The first-order valence-corrected chi connectivity index (χ1v) is 9.89. The Hall–Kier alpha value is -3.12. The van der Waals surface area contributed by atoms with Crippen LogP contribution in [0.3, 0.4) is 0 Å². The van der Waals surface area contributed by atoms with Crippen molar-refractivity contribution in [3.05, 3.63) is 71.4 Å². The lowest BCUT2D eigenvalue weighted by molar-refractivity contribution is -0.123. The minimum atomic E-state index is -0.237. The number of amides is 1. The minimum Gasteiger partial charge on any atom is -0.484 e. The van der Waals surface area contributed by atoms with Crippen LogP contribution in [0.5, 0.6) is 5.75 Å². The third-order valence-corrected chi connectivity index (χ3v) is 5.35. The minimum absolute atomic E-state index is 0.0553. The number of benzene rings is 2. The molecular formula is C22H20N2O3S. The lowest BCUT2D eigenvalue weighted by Crippen LogP contribution is -2.31. The highest BCUT2D eigenvalue weighted by Crippen LogP contribution is 2.26. The van der Waals surface area contributed by atoms with Crippen molar-refractivity contribution in [1.82, 2.24) is 10.3 Å². The average Bonchev–Trinajstić information content (AvgIpc) is 3.33. The standard InChI is InChI=1S/C22H20N2O3S/c1-14-13-28-22(23-14)16-7-9-18(10-8-16)26-12-21(25)24-15(2)20-11-17-5-3-4-6-19(17)27-20/h3-11,13,15H,12H2,1-2H3,(H,24,25). The topological polar surface area (TPSA) is 64.4 Å². The van der Waals surface area contributed by atoms with E-state index >= 15 is 0 Å². The maximum Gasteiger partial charge on any atom is 0.258 e. The van der Waals surface area contributed by atoms with E-state index in [4.69, 9.17) is 9.15 Å². The molecule has 5 nitrogen and oxygen atoms in total. The van der Waals surface area contributed by atoms with Crippen molar-refractivity contribution >= 4 is 28.2 Å². The summed E-state index contributed by atoms with van der Waals surface area (Å²) in [7, 11) is 0. The monoisotopic (exact) mass is 392 g/mol. The highest BCUT2D eigenvalue weighted by molar-refractivity contribution is 7.13. The second-order valence-electron chi connectivity index (χ2n) is 6.58. The molecule has 1 N–H and O–H groups in total. The molecule has 0 saturated carbocycles. The van der Waals surface area contributed by atoms with Gasteiger partial charge in [-0.15, -0.1) is 11.3 Å². The molecule has 0 spiro atoms. The van der Waals surface area contributed by atoms with Crippen LogP contribution in [0.4, 0.5) is 0 Å². The molecule has 0 fully saturated rings. The van der Waals surface area contributed by atoms with Crippen LogP contribution in [0.15, 0.2) is 64.4 Å². The van der Waals surface area contributed by atoms with Gasteiger partial charge in [-0.3, -0.25) is 4.79 Å². The highest BCUT2D eigenvalue weighted by atomic mass is 32.1. The molecule has 1 unspecified atom stereocenters. The lowest BCUT2D eigenvalue weighted by atomic mass is 10.2. The van der Waals surface area contributed by atoms with Gasteiger partial charge in [-0.25, -0.2) is 4.98 Å². The van der Waals surface area contributed by atoms with E-state index in [1.165, 1.54) is 0 Å². The summed E-state index contributed by atoms with van der Waals surface area (Å²) < 4.78 is 11.4. The smallest absolute Gasteiger partial charge is 0.258 e. The largest absolute Gasteiger partial charge is 0.484 e. The van der Waals surface area contributed by atoms with Gasteiger partial charge in [-0.05, 0) is 50.2 Å². The Morgan fingerprint density at radius 1 is 1.21 bits per heavy atom. The van der Waals surface area contributed by atoms with Crippen molar-refractivity contribution in [3.8, 4) is 16.3 Å². The number of rotatable bonds is 6. The molecule has 0 saturated heterocycles. The van der Waals surface area contributed by atoms with Crippen LogP contribution in [0.1, 0.15) is 24.4 Å². The van der Waals surface area contributed by atoms with E-state index in [-0.39, 0.29) is 18.6 Å². The molecule has 142 valence electrons. The van der Waals surface area contributed by atoms with Crippen LogP contribution in [0.2, 0.25) is 0 Å². The predicted molar refractivity (Wildman–Crippen MR) is 111 cm³/mol. The summed E-state index contributed by atoms with van der Waals surface area (Å²) >= 11 is 1.61. The first-order chi connectivity index (χ1) is 13.6. The first-order valence-electron chi connectivity index (χ1n) is 9.02. The SMILES string of the molecule is Cc1csc(-c2ccc(OCC(=O)NC(C)c3cc4ccccc4o3)cc2)n1. The maximum absolute atomic E-state index is 12.2. The molecule has 1 atom stereocenters. The number of ether oxygens (including phenoxy) is 1. The molecule has 2 heterocycles. The summed E-state index contributed by atoms with van der Waals surface area (Å²) in [6.45, 7) is 3.81. The Morgan fingerprint density at radius 2 is 2.00 bits per heavy atom. The zero-order valence-electron chi connectivity index (χ0n) is 15.6. The third kappa shape index (κ3) is 4.07. The number of para-hydroxylation sites is 1. The Morgan fingerprint density at radius 3 is 2.71 bits per heavy atom. The van der Waals surface area contributed by atoms with Gasteiger partial charge in [0.2, 0.25) is 0 Å². The third-order valence-electron chi connectivity index (χ3n) is 4.34. The first kappa shape index (κ1) is 18.3. The summed E-state index contributed by atoms with van der Waals surface area (Å²) in [5, 5.41) is 6.91. The van der Waals surface area contributed by atoms with Gasteiger partial charge in [0.15, 0.2) is 6.61 Å². The summed E-state index contributed by atoms with van der Waals surface area (Å²) in [5.74, 6) is 1.16. The van der Waals surface area contributed by atoms with E-state index in [9.17, 15) is 4.79 Å². The van der Waals surface area contributed by atoms with Gasteiger partial charge in [0, 0.05) is 22.0 Å². The van der Waals surface area contributed by atoms with E-state index in [2.05, 4.69) is 10.3 Å². The van der Waals surface area contributed by atoms with E-state index < -0.39 is 0 Å². The van der Waals surface area contributed by atoms with E-state index in [0.717, 1.165) is 33.0 Å². The van der Waals surface area contributed by atoms with Crippen LogP contribution in [0, 0.1) is 6.92 Å². The average molecular weight is 392 g/mol. The summed E-state index contributed by atoms with van der Waals surface area (Å²) in [6, 6.07) is 17.1. The molecule has 1 amide bonds. The van der Waals surface area contributed by atoms with Gasteiger partial charge >= 0.3 is 0 Å². The van der Waals surface area contributed by atoms with Gasteiger partial charge < -0.3 is 14.5 Å². The van der Waals surface area contributed by atoms with Crippen molar-refractivity contribution in [2.24, 2.45) is 0 Å². The molecule has 6 heteroatoms. The number of aryl methyl sites for hydroxylation is 1. The molecule has 0 aliphatic rings. The van der Waals surface area contributed by atoms with Crippen LogP contribution in [0.25, 0.3) is 21.5 Å². The van der Waals surface area contributed by atoms with Crippen LogP contribution < -0.4 is 10.1 Å². The van der Waals surface area contributed by atoms with Crippen molar-refractivity contribution in [3.63, 3.8) is 0 Å². The number of nitrogens with zero attached hydrogens (tertiary/aromatic N) is 1. The number of nitrogens with one attached hydrogen (secondary N) is 1. The lowest BCUT2D eigenvalue weighted by Gasteiger charge is -2.12. The number of aromatic nitrogens is 1. The molecule has 0 aliphatic carbocycles. The Labute approximate surface area is 167 Å². The van der Waals surface area contributed by atoms with Crippen molar-refractivity contribution in [1.29, 1.82) is 0 Å². The van der Waals surface area contributed by atoms with E-state index in [0.29, 0.717) is 5.75 Å². The van der Waals surface area contributed by atoms with Crippen molar-refractivity contribution < 1.29 is 13.9 Å². The zero-order valence-corrected chi connectivity index (χ0v) is 16.5. The molecule has 4 rings (SSSR count). The Bertz CT molecular complexity index is 1070. The molecule has 2 aromatic carbocycles. The van der Waals surface area contributed by atoms with Crippen LogP contribution in [-0.2, 0) is 4.79 Å². The molecular weight excluding hydrogens is 372 g/mol. The molecule has 0 bridgehead atoms. The second kappa shape index (κ2) is 7.86. The van der Waals surface area contributed by atoms with Crippen molar-refractivity contribution in [2.75, 3.05) is 6.61 Å². The Balaban J connectivity index is 1.32. The van der Waals surface area contributed by atoms with Gasteiger partial charge in [0.1, 0.15) is 22.1 Å². The fraction of sp³-hybridized carbons (Fsp3) is 0.182. The molecule has 4 aromatic rings. The number of hydrogen-bond donors (Lipinski definition) is 1. The van der Waals surface area contributed by atoms with E-state index in [1.54, 1.807) is 11.3 Å². The number of hydrogen-bond acceptors (Lipinski definition) is 5. The predicted octanol–water partition coefficient (Wildman–Crippen LogP) is 5.12.